The first-order valence-electron chi connectivity index (χ1n) is 11.3. The number of hydrogen-bond acceptors (Lipinski definition) is 6. The van der Waals surface area contributed by atoms with Gasteiger partial charge in [0, 0.05) is 18.0 Å². The van der Waals surface area contributed by atoms with Crippen LogP contribution in [0, 0.1) is 0 Å². The number of fused-ring (bicyclic) bond motifs is 1. The Hall–Kier alpha value is -4.23. The van der Waals surface area contributed by atoms with Gasteiger partial charge in [-0.1, -0.05) is 47.7 Å². The third-order valence-electron chi connectivity index (χ3n) is 5.27. The number of pyridine rings is 1. The van der Waals surface area contributed by atoms with Crippen LogP contribution in [0.2, 0.25) is 0 Å². The van der Waals surface area contributed by atoms with E-state index in [1.807, 2.05) is 79.7 Å². The zero-order valence-corrected chi connectivity index (χ0v) is 19.9. The third kappa shape index (κ3) is 5.15. The first-order chi connectivity index (χ1) is 17.2. The standard InChI is InChI=1S/C28H23N3O3S/c1-2-33-24-14-7-15-25-26(24)30-28(35-25)31(19-20-9-8-16-29-18-20)27(32)21-10-6-13-23(17-21)34-22-11-4-3-5-12-22/h3-18H,2,19H2,1H3. The van der Waals surface area contributed by atoms with Crippen LogP contribution in [0.5, 0.6) is 17.2 Å². The molecule has 5 aromatic rings. The van der Waals surface area contributed by atoms with Gasteiger partial charge in [0.2, 0.25) is 0 Å². The summed E-state index contributed by atoms with van der Waals surface area (Å²) in [5.74, 6) is 1.83. The Labute approximate surface area is 207 Å². The molecule has 7 heteroatoms. The molecule has 0 saturated carbocycles. The minimum atomic E-state index is -0.176. The lowest BCUT2D eigenvalue weighted by Gasteiger charge is -2.20. The Balaban J connectivity index is 1.51. The maximum absolute atomic E-state index is 13.8. The molecular formula is C28H23N3O3S. The van der Waals surface area contributed by atoms with E-state index in [2.05, 4.69) is 4.98 Å². The van der Waals surface area contributed by atoms with E-state index >= 15 is 0 Å². The van der Waals surface area contributed by atoms with Crippen molar-refractivity contribution in [1.82, 2.24) is 9.97 Å². The largest absolute Gasteiger partial charge is 0.492 e. The summed E-state index contributed by atoms with van der Waals surface area (Å²) < 4.78 is 12.7. The van der Waals surface area contributed by atoms with E-state index < -0.39 is 0 Å². The first kappa shape index (κ1) is 22.6. The summed E-state index contributed by atoms with van der Waals surface area (Å²) in [5, 5.41) is 0.593. The van der Waals surface area contributed by atoms with Crippen LogP contribution >= 0.6 is 11.3 Å². The fraction of sp³-hybridized carbons (Fsp3) is 0.107. The van der Waals surface area contributed by atoms with E-state index in [1.54, 1.807) is 29.4 Å². The molecule has 0 spiro atoms. The molecule has 2 heterocycles. The predicted octanol–water partition coefficient (Wildman–Crippen LogP) is 6.73. The number of carbonyl (C=O) groups excluding carboxylic acids is 1. The monoisotopic (exact) mass is 481 g/mol. The van der Waals surface area contributed by atoms with Gasteiger partial charge in [-0.2, -0.15) is 0 Å². The molecule has 3 aromatic carbocycles. The summed E-state index contributed by atoms with van der Waals surface area (Å²) >= 11 is 1.46. The molecule has 6 nitrogen and oxygen atoms in total. The van der Waals surface area contributed by atoms with Gasteiger partial charge in [0.15, 0.2) is 5.13 Å². The minimum absolute atomic E-state index is 0.176. The van der Waals surface area contributed by atoms with Gasteiger partial charge < -0.3 is 9.47 Å². The number of thiazole rings is 1. The topological polar surface area (TPSA) is 64.5 Å². The van der Waals surface area contributed by atoms with Crippen LogP contribution in [0.3, 0.4) is 0 Å². The van der Waals surface area contributed by atoms with Crippen molar-refractivity contribution in [3.63, 3.8) is 0 Å². The van der Waals surface area contributed by atoms with Crippen molar-refractivity contribution < 1.29 is 14.3 Å². The molecule has 0 aliphatic heterocycles. The number of amides is 1. The molecule has 0 saturated heterocycles. The Morgan fingerprint density at radius 1 is 0.943 bits per heavy atom. The molecule has 35 heavy (non-hydrogen) atoms. The van der Waals surface area contributed by atoms with Crippen LogP contribution < -0.4 is 14.4 Å². The fourth-order valence-electron chi connectivity index (χ4n) is 3.67. The number of anilines is 1. The van der Waals surface area contributed by atoms with Crippen LogP contribution in [0.25, 0.3) is 10.2 Å². The smallest absolute Gasteiger partial charge is 0.260 e. The Morgan fingerprint density at radius 3 is 2.57 bits per heavy atom. The zero-order chi connectivity index (χ0) is 24.0. The van der Waals surface area contributed by atoms with E-state index in [9.17, 15) is 4.79 Å². The molecule has 0 unspecified atom stereocenters. The normalized spacial score (nSPS) is 10.8. The van der Waals surface area contributed by atoms with Crippen molar-refractivity contribution >= 4 is 32.6 Å². The lowest BCUT2D eigenvalue weighted by molar-refractivity contribution is 0.0985. The second-order valence-electron chi connectivity index (χ2n) is 7.73. The third-order valence-corrected chi connectivity index (χ3v) is 6.31. The zero-order valence-electron chi connectivity index (χ0n) is 19.1. The van der Waals surface area contributed by atoms with Gasteiger partial charge in [-0.3, -0.25) is 14.7 Å². The summed E-state index contributed by atoms with van der Waals surface area (Å²) in [6, 6.07) is 26.3. The van der Waals surface area contributed by atoms with Gasteiger partial charge in [0.25, 0.3) is 5.91 Å². The van der Waals surface area contributed by atoms with Crippen LogP contribution in [0.4, 0.5) is 5.13 Å². The molecule has 0 bridgehead atoms. The highest BCUT2D eigenvalue weighted by atomic mass is 32.1. The summed E-state index contributed by atoms with van der Waals surface area (Å²) in [5.41, 5.74) is 2.16. The number of ether oxygens (including phenoxy) is 2. The molecule has 5 rings (SSSR count). The summed E-state index contributed by atoms with van der Waals surface area (Å²) in [6.07, 6.45) is 3.47. The molecule has 2 aromatic heterocycles. The number of benzene rings is 3. The van der Waals surface area contributed by atoms with E-state index in [-0.39, 0.29) is 5.91 Å². The molecule has 0 fully saturated rings. The molecule has 0 atom stereocenters. The van der Waals surface area contributed by atoms with Crippen molar-refractivity contribution in [2.75, 3.05) is 11.5 Å². The lowest BCUT2D eigenvalue weighted by Crippen LogP contribution is -2.30. The van der Waals surface area contributed by atoms with E-state index in [1.165, 1.54) is 11.3 Å². The lowest BCUT2D eigenvalue weighted by atomic mass is 10.1. The highest BCUT2D eigenvalue weighted by Crippen LogP contribution is 2.35. The SMILES string of the molecule is CCOc1cccc2sc(N(Cc3cccnc3)C(=O)c3cccc(Oc4ccccc4)c3)nc12. The molecule has 0 aliphatic carbocycles. The van der Waals surface area contributed by atoms with E-state index in [0.717, 1.165) is 15.8 Å². The van der Waals surface area contributed by atoms with E-state index in [0.29, 0.717) is 41.1 Å². The summed E-state index contributed by atoms with van der Waals surface area (Å²) in [4.78, 5) is 24.5. The number of hydrogen-bond donors (Lipinski definition) is 0. The van der Waals surface area contributed by atoms with Crippen LogP contribution in [0.1, 0.15) is 22.8 Å². The Bertz CT molecular complexity index is 1440. The Kier molecular flexibility index (Phi) is 6.68. The minimum Gasteiger partial charge on any atom is -0.492 e. The number of rotatable bonds is 8. The molecular weight excluding hydrogens is 458 g/mol. The van der Waals surface area contributed by atoms with E-state index in [4.69, 9.17) is 14.5 Å². The van der Waals surface area contributed by atoms with Crippen molar-refractivity contribution in [2.45, 2.75) is 13.5 Å². The van der Waals surface area contributed by atoms with Crippen molar-refractivity contribution in [3.8, 4) is 17.2 Å². The van der Waals surface area contributed by atoms with Crippen molar-refractivity contribution in [2.24, 2.45) is 0 Å². The van der Waals surface area contributed by atoms with Gasteiger partial charge >= 0.3 is 0 Å². The quantitative estimate of drug-likeness (QED) is 0.246. The molecule has 1 amide bonds. The maximum atomic E-state index is 13.8. The number of carbonyl (C=O) groups is 1. The average molecular weight is 482 g/mol. The highest BCUT2D eigenvalue weighted by molar-refractivity contribution is 7.22. The number of para-hydroxylation sites is 2. The second-order valence-corrected chi connectivity index (χ2v) is 8.74. The van der Waals surface area contributed by atoms with Gasteiger partial charge in [-0.25, -0.2) is 4.98 Å². The maximum Gasteiger partial charge on any atom is 0.260 e. The average Bonchev–Trinajstić information content (AvgIpc) is 3.34. The van der Waals surface area contributed by atoms with Crippen LogP contribution in [-0.4, -0.2) is 22.5 Å². The molecule has 0 radical (unpaired) electrons. The van der Waals surface area contributed by atoms with Gasteiger partial charge in [0.1, 0.15) is 22.8 Å². The van der Waals surface area contributed by atoms with Crippen LogP contribution in [0.15, 0.2) is 97.3 Å². The summed E-state index contributed by atoms with van der Waals surface area (Å²) in [6.45, 7) is 2.81. The second kappa shape index (κ2) is 10.4. The van der Waals surface area contributed by atoms with Crippen molar-refractivity contribution in [3.05, 3.63) is 108 Å². The molecule has 174 valence electrons. The number of nitrogens with zero attached hydrogens (tertiary/aromatic N) is 3. The molecule has 0 N–H and O–H groups in total. The van der Waals surface area contributed by atoms with Gasteiger partial charge in [-0.05, 0) is 61.0 Å². The molecule has 0 aliphatic rings. The highest BCUT2D eigenvalue weighted by Gasteiger charge is 2.23. The summed E-state index contributed by atoms with van der Waals surface area (Å²) in [7, 11) is 0. The number of aromatic nitrogens is 2. The fourth-order valence-corrected chi connectivity index (χ4v) is 4.65. The Morgan fingerprint density at radius 2 is 1.77 bits per heavy atom. The van der Waals surface area contributed by atoms with Gasteiger partial charge in [0.05, 0.1) is 17.9 Å². The van der Waals surface area contributed by atoms with Gasteiger partial charge in [-0.15, -0.1) is 0 Å². The van der Waals surface area contributed by atoms with Crippen molar-refractivity contribution in [1.29, 1.82) is 0 Å². The first-order valence-corrected chi connectivity index (χ1v) is 12.1. The predicted molar refractivity (Wildman–Crippen MR) is 138 cm³/mol. The van der Waals surface area contributed by atoms with Crippen LogP contribution in [-0.2, 0) is 6.54 Å².